The van der Waals surface area contributed by atoms with Crippen LogP contribution in [-0.2, 0) is 20.0 Å². The first kappa shape index (κ1) is 25.3. The maximum Gasteiger partial charge on any atom is 0.432 e. The van der Waals surface area contributed by atoms with Gasteiger partial charge >= 0.3 is 6.18 Å². The Morgan fingerprint density at radius 2 is 1.89 bits per heavy atom. The van der Waals surface area contributed by atoms with Crippen LogP contribution in [-0.4, -0.2) is 42.2 Å². The lowest BCUT2D eigenvalue weighted by Gasteiger charge is -2.32. The van der Waals surface area contributed by atoms with Crippen LogP contribution in [0.15, 0.2) is 42.7 Å². The predicted octanol–water partition coefficient (Wildman–Crippen LogP) is 5.41. The number of amides is 2. The summed E-state index contributed by atoms with van der Waals surface area (Å²) < 4.78 is 48.0. The van der Waals surface area contributed by atoms with Gasteiger partial charge in [0.05, 0.1) is 6.26 Å². The van der Waals surface area contributed by atoms with E-state index in [0.29, 0.717) is 28.8 Å². The molecule has 2 aliphatic heterocycles. The van der Waals surface area contributed by atoms with Crippen molar-refractivity contribution in [2.75, 3.05) is 13.2 Å². The van der Waals surface area contributed by atoms with Gasteiger partial charge in [-0.2, -0.15) is 13.2 Å². The van der Waals surface area contributed by atoms with Gasteiger partial charge in [0, 0.05) is 34.1 Å². The average molecular weight is 529 g/mol. The summed E-state index contributed by atoms with van der Waals surface area (Å²) in [6.07, 6.45) is -4.18. The lowest BCUT2D eigenvalue weighted by Crippen LogP contribution is -2.42. The van der Waals surface area contributed by atoms with Crippen LogP contribution in [0, 0.1) is 6.92 Å². The highest BCUT2D eigenvalue weighted by Crippen LogP contribution is 2.52. The van der Waals surface area contributed by atoms with Gasteiger partial charge in [0.1, 0.15) is 12.6 Å². The quantitative estimate of drug-likeness (QED) is 0.563. The van der Waals surface area contributed by atoms with Gasteiger partial charge in [-0.3, -0.25) is 14.4 Å². The zero-order valence-electron chi connectivity index (χ0n) is 18.7. The summed E-state index contributed by atoms with van der Waals surface area (Å²) in [5.41, 5.74) is -1.27. The molecule has 0 aromatic heterocycles. The zero-order chi connectivity index (χ0) is 25.5. The van der Waals surface area contributed by atoms with Crippen molar-refractivity contribution >= 4 is 40.6 Å². The van der Waals surface area contributed by atoms with E-state index < -0.39 is 30.1 Å². The van der Waals surface area contributed by atoms with Crippen molar-refractivity contribution in [1.29, 1.82) is 0 Å². The molecule has 186 valence electrons. The topological polar surface area (TPSA) is 67.9 Å². The number of benzene rings is 2. The Hall–Kier alpha value is -2.75. The Balaban J connectivity index is 1.56. The third-order valence-corrected chi connectivity index (χ3v) is 6.44. The average Bonchev–Trinajstić information content (AvgIpc) is 3.38. The molecule has 2 aliphatic rings. The Bertz CT molecular complexity index is 1200. The maximum absolute atomic E-state index is 14.2. The minimum absolute atomic E-state index is 0.0345. The number of hydrogen-bond acceptors (Lipinski definition) is 4. The van der Waals surface area contributed by atoms with E-state index in [2.05, 4.69) is 5.32 Å². The van der Waals surface area contributed by atoms with E-state index in [9.17, 15) is 22.8 Å². The number of aryl methyl sites for hydroxylation is 1. The van der Waals surface area contributed by atoms with Crippen LogP contribution in [0.2, 0.25) is 10.0 Å². The molecule has 0 radical (unpaired) electrons. The highest BCUT2D eigenvalue weighted by atomic mass is 35.5. The zero-order valence-corrected chi connectivity index (χ0v) is 20.2. The molecule has 1 fully saturated rings. The highest BCUT2D eigenvalue weighted by molar-refractivity contribution is 6.34. The number of alkyl halides is 3. The van der Waals surface area contributed by atoms with Crippen LogP contribution in [0.1, 0.15) is 40.4 Å². The van der Waals surface area contributed by atoms with Gasteiger partial charge in [-0.1, -0.05) is 35.3 Å². The van der Waals surface area contributed by atoms with Crippen LogP contribution >= 0.6 is 23.2 Å². The van der Waals surface area contributed by atoms with Crippen LogP contribution in [0.5, 0.6) is 0 Å². The van der Waals surface area contributed by atoms with Crippen molar-refractivity contribution in [3.63, 3.8) is 0 Å². The minimum Gasteiger partial charge on any atom is -0.480 e. The molecule has 11 heteroatoms. The third-order valence-electron chi connectivity index (χ3n) is 6.00. The van der Waals surface area contributed by atoms with Crippen molar-refractivity contribution in [2.24, 2.45) is 0 Å². The van der Waals surface area contributed by atoms with Gasteiger partial charge in [0.2, 0.25) is 5.60 Å². The molecule has 0 bridgehead atoms. The van der Waals surface area contributed by atoms with Crippen molar-refractivity contribution in [2.45, 2.75) is 38.1 Å². The van der Waals surface area contributed by atoms with Crippen molar-refractivity contribution in [3.05, 3.63) is 75.0 Å². The summed E-state index contributed by atoms with van der Waals surface area (Å²) in [6, 6.07) is 7.56. The van der Waals surface area contributed by atoms with Crippen LogP contribution in [0.4, 0.5) is 13.2 Å². The molecule has 2 amide bonds. The van der Waals surface area contributed by atoms with E-state index in [1.165, 1.54) is 29.3 Å². The summed E-state index contributed by atoms with van der Waals surface area (Å²) >= 11 is 11.9. The van der Waals surface area contributed by atoms with Gasteiger partial charge < -0.3 is 10.1 Å². The van der Waals surface area contributed by atoms with E-state index >= 15 is 0 Å². The van der Waals surface area contributed by atoms with Gasteiger partial charge in [-0.15, -0.1) is 0 Å². The SMILES string of the molecule is CCN1OCC(NC(=O)c2ccc(C3=COC(c4cc(Cl)cc(Cl)c4)(C(F)(F)F)C3)cc2C)C1=O. The number of halogens is 5. The van der Waals surface area contributed by atoms with Gasteiger partial charge in [0.25, 0.3) is 11.8 Å². The number of likely N-dealkylation sites (N-methyl/N-ethyl adjacent to an activating group) is 1. The molecule has 6 nitrogen and oxygen atoms in total. The molecule has 0 spiro atoms. The number of hydrogen-bond donors (Lipinski definition) is 1. The second-order valence-electron chi connectivity index (χ2n) is 8.31. The normalized spacial score (nSPS) is 22.3. The molecule has 1 saturated heterocycles. The smallest absolute Gasteiger partial charge is 0.432 e. The van der Waals surface area contributed by atoms with Gasteiger partial charge in [-0.25, -0.2) is 5.06 Å². The standard InChI is InChI=1S/C24H21Cl2F3N2O4/c1-3-31-22(33)20(12-35-31)30-21(32)19-5-4-14(6-13(19)2)15-10-23(34-11-15,24(27,28)29)16-7-17(25)9-18(26)8-16/h4-9,11,20H,3,10,12H2,1-2H3,(H,30,32). The Morgan fingerprint density at radius 1 is 1.20 bits per heavy atom. The minimum atomic E-state index is -4.75. The lowest BCUT2D eigenvalue weighted by atomic mass is 9.85. The first-order valence-electron chi connectivity index (χ1n) is 10.7. The molecule has 0 saturated carbocycles. The maximum atomic E-state index is 14.2. The number of nitrogens with zero attached hydrogens (tertiary/aromatic N) is 1. The highest BCUT2D eigenvalue weighted by Gasteiger charge is 2.60. The van der Waals surface area contributed by atoms with E-state index in [-0.39, 0.29) is 28.1 Å². The summed E-state index contributed by atoms with van der Waals surface area (Å²) in [6.45, 7) is 3.80. The second kappa shape index (κ2) is 9.37. The number of hydroxylamine groups is 2. The molecule has 2 unspecified atom stereocenters. The predicted molar refractivity (Wildman–Crippen MR) is 124 cm³/mol. The van der Waals surface area contributed by atoms with Crippen LogP contribution in [0.3, 0.4) is 0 Å². The lowest BCUT2D eigenvalue weighted by molar-refractivity contribution is -0.260. The van der Waals surface area contributed by atoms with E-state index in [4.69, 9.17) is 32.8 Å². The Labute approximate surface area is 209 Å². The summed E-state index contributed by atoms with van der Waals surface area (Å²) in [5.74, 6) is -0.822. The van der Waals surface area contributed by atoms with E-state index in [1.54, 1.807) is 26.0 Å². The third kappa shape index (κ3) is 4.72. The van der Waals surface area contributed by atoms with Crippen molar-refractivity contribution < 1.29 is 32.3 Å². The first-order chi connectivity index (χ1) is 16.4. The monoisotopic (exact) mass is 528 g/mol. The molecule has 2 atom stereocenters. The van der Waals surface area contributed by atoms with Crippen molar-refractivity contribution in [1.82, 2.24) is 10.4 Å². The van der Waals surface area contributed by atoms with E-state index in [1.807, 2.05) is 0 Å². The molecule has 2 aromatic rings. The summed E-state index contributed by atoms with van der Waals surface area (Å²) in [7, 11) is 0. The number of rotatable bonds is 5. The fraction of sp³-hybridized carbons (Fsp3) is 0.333. The number of carbonyl (C=O) groups is 2. The van der Waals surface area contributed by atoms with Crippen LogP contribution < -0.4 is 5.32 Å². The summed E-state index contributed by atoms with van der Waals surface area (Å²) in [5, 5.41) is 3.94. The first-order valence-corrected chi connectivity index (χ1v) is 11.5. The molecule has 2 aromatic carbocycles. The second-order valence-corrected chi connectivity index (χ2v) is 9.18. The van der Waals surface area contributed by atoms with Crippen molar-refractivity contribution in [3.8, 4) is 0 Å². The van der Waals surface area contributed by atoms with Gasteiger partial charge in [0.15, 0.2) is 0 Å². The molecule has 4 rings (SSSR count). The van der Waals surface area contributed by atoms with E-state index in [0.717, 1.165) is 6.26 Å². The molecule has 35 heavy (non-hydrogen) atoms. The molecule has 1 N–H and O–H groups in total. The molecule has 2 heterocycles. The molecular weight excluding hydrogens is 508 g/mol. The molecule has 0 aliphatic carbocycles. The summed E-state index contributed by atoms with van der Waals surface area (Å²) in [4.78, 5) is 30.1. The molecular formula is C24H21Cl2F3N2O4. The Kier molecular flexibility index (Phi) is 6.78. The number of nitrogens with one attached hydrogen (secondary N) is 1. The fourth-order valence-corrected chi connectivity index (χ4v) is 4.69. The number of ether oxygens (including phenoxy) is 1. The van der Waals surface area contributed by atoms with Crippen LogP contribution in [0.25, 0.3) is 5.57 Å². The van der Waals surface area contributed by atoms with Gasteiger partial charge in [-0.05, 0) is 54.8 Å². The number of carbonyl (C=O) groups excluding carboxylic acids is 2. The Morgan fingerprint density at radius 3 is 2.46 bits per heavy atom. The fourth-order valence-electron chi connectivity index (χ4n) is 4.16. The largest absolute Gasteiger partial charge is 0.480 e.